The molecule has 3 rings (SSSR count). The van der Waals surface area contributed by atoms with Gasteiger partial charge in [-0.2, -0.15) is 0 Å². The van der Waals surface area contributed by atoms with Crippen LogP contribution in [-0.4, -0.2) is 37.0 Å². The van der Waals surface area contributed by atoms with Crippen LogP contribution in [0.15, 0.2) is 54.6 Å². The Kier molecular flexibility index (Phi) is 4.61. The topological polar surface area (TPSA) is 23.6 Å². The number of piperazine rings is 1. The zero-order valence-electron chi connectivity index (χ0n) is 14.8. The van der Waals surface area contributed by atoms with Crippen LogP contribution in [0.3, 0.4) is 0 Å². The highest BCUT2D eigenvalue weighted by Crippen LogP contribution is 2.27. The monoisotopic (exact) mass is 322 g/mol. The van der Waals surface area contributed by atoms with E-state index in [2.05, 4.69) is 60.4 Å². The Balaban J connectivity index is 1.67. The fraction of sp³-hybridized carbons (Fsp3) is 0.381. The average molecular weight is 322 g/mol. The number of nitrogens with zero attached hydrogens (tertiary/aromatic N) is 2. The molecule has 1 saturated heterocycles. The summed E-state index contributed by atoms with van der Waals surface area (Å²) in [6.07, 6.45) is 0. The minimum atomic E-state index is -0.484. The Bertz CT molecular complexity index is 684. The summed E-state index contributed by atoms with van der Waals surface area (Å²) in [7, 11) is 0. The maximum absolute atomic E-state index is 13.1. The van der Waals surface area contributed by atoms with Crippen LogP contribution in [0.1, 0.15) is 25.0 Å². The highest BCUT2D eigenvalue weighted by molar-refractivity contribution is 5.87. The molecule has 1 aliphatic heterocycles. The van der Waals surface area contributed by atoms with Gasteiger partial charge in [0.1, 0.15) is 0 Å². The summed E-state index contributed by atoms with van der Waals surface area (Å²) >= 11 is 0. The number of aryl methyl sites for hydroxylation is 1. The van der Waals surface area contributed by atoms with Gasteiger partial charge in [0, 0.05) is 31.9 Å². The Labute approximate surface area is 144 Å². The lowest BCUT2D eigenvalue weighted by molar-refractivity contribution is -0.136. The fourth-order valence-corrected chi connectivity index (χ4v) is 3.30. The van der Waals surface area contributed by atoms with Crippen molar-refractivity contribution in [3.63, 3.8) is 0 Å². The molecule has 1 aliphatic rings. The van der Waals surface area contributed by atoms with Gasteiger partial charge in [0.25, 0.3) is 0 Å². The maximum atomic E-state index is 13.1. The first-order valence-corrected chi connectivity index (χ1v) is 8.65. The van der Waals surface area contributed by atoms with Crippen LogP contribution in [0.5, 0.6) is 0 Å². The smallest absolute Gasteiger partial charge is 0.232 e. The lowest BCUT2D eigenvalue weighted by atomic mass is 9.82. The van der Waals surface area contributed by atoms with Crippen molar-refractivity contribution in [2.45, 2.75) is 26.2 Å². The molecule has 0 spiro atoms. The number of amides is 1. The third kappa shape index (κ3) is 3.30. The van der Waals surface area contributed by atoms with Crippen molar-refractivity contribution in [3.05, 3.63) is 65.7 Å². The van der Waals surface area contributed by atoms with Crippen LogP contribution in [0.2, 0.25) is 0 Å². The van der Waals surface area contributed by atoms with Crippen molar-refractivity contribution in [1.82, 2.24) is 4.90 Å². The molecule has 24 heavy (non-hydrogen) atoms. The highest BCUT2D eigenvalue weighted by atomic mass is 16.2. The standard InChI is InChI=1S/C21H26N2O/c1-17-9-11-18(12-10-17)21(2,3)20(24)23-15-13-22(14-16-23)19-7-5-4-6-8-19/h4-12H,13-16H2,1-3H3. The van der Waals surface area contributed by atoms with E-state index in [9.17, 15) is 4.79 Å². The van der Waals surface area contributed by atoms with E-state index < -0.39 is 5.41 Å². The van der Waals surface area contributed by atoms with Gasteiger partial charge in [-0.15, -0.1) is 0 Å². The Morgan fingerprint density at radius 3 is 2.04 bits per heavy atom. The SMILES string of the molecule is Cc1ccc(C(C)(C)C(=O)N2CCN(c3ccccc3)CC2)cc1. The molecule has 0 atom stereocenters. The van der Waals surface area contributed by atoms with Crippen molar-refractivity contribution in [2.24, 2.45) is 0 Å². The van der Waals surface area contributed by atoms with Crippen molar-refractivity contribution in [1.29, 1.82) is 0 Å². The second-order valence-electron chi connectivity index (χ2n) is 7.11. The fourth-order valence-electron chi connectivity index (χ4n) is 3.30. The van der Waals surface area contributed by atoms with Gasteiger partial charge in [-0.3, -0.25) is 4.79 Å². The molecular formula is C21H26N2O. The molecule has 3 heteroatoms. The molecule has 1 amide bonds. The molecule has 0 bridgehead atoms. The third-order valence-corrected chi connectivity index (χ3v) is 5.00. The molecule has 0 unspecified atom stereocenters. The van der Waals surface area contributed by atoms with Crippen molar-refractivity contribution in [3.8, 4) is 0 Å². The van der Waals surface area contributed by atoms with Crippen LogP contribution in [0, 0.1) is 6.92 Å². The van der Waals surface area contributed by atoms with E-state index >= 15 is 0 Å². The summed E-state index contributed by atoms with van der Waals surface area (Å²) in [4.78, 5) is 17.4. The molecule has 0 aliphatic carbocycles. The summed E-state index contributed by atoms with van der Waals surface area (Å²) < 4.78 is 0. The van der Waals surface area contributed by atoms with Crippen molar-refractivity contribution in [2.75, 3.05) is 31.1 Å². The van der Waals surface area contributed by atoms with E-state index in [1.54, 1.807) is 0 Å². The number of carbonyl (C=O) groups excluding carboxylic acids is 1. The minimum absolute atomic E-state index is 0.221. The predicted molar refractivity (Wildman–Crippen MR) is 99.4 cm³/mol. The van der Waals surface area contributed by atoms with Crippen LogP contribution in [0.25, 0.3) is 0 Å². The van der Waals surface area contributed by atoms with E-state index in [4.69, 9.17) is 0 Å². The third-order valence-electron chi connectivity index (χ3n) is 5.00. The largest absolute Gasteiger partial charge is 0.368 e. The van der Waals surface area contributed by atoms with Crippen LogP contribution >= 0.6 is 0 Å². The second kappa shape index (κ2) is 6.68. The number of para-hydroxylation sites is 1. The highest BCUT2D eigenvalue weighted by Gasteiger charge is 2.35. The summed E-state index contributed by atoms with van der Waals surface area (Å²) in [5, 5.41) is 0. The van der Waals surface area contributed by atoms with E-state index in [1.807, 2.05) is 24.8 Å². The Morgan fingerprint density at radius 1 is 0.875 bits per heavy atom. The second-order valence-corrected chi connectivity index (χ2v) is 7.11. The van der Waals surface area contributed by atoms with Crippen LogP contribution in [-0.2, 0) is 10.2 Å². The zero-order valence-corrected chi connectivity index (χ0v) is 14.8. The van der Waals surface area contributed by atoms with E-state index in [0.717, 1.165) is 31.7 Å². The summed E-state index contributed by atoms with van der Waals surface area (Å²) in [6.45, 7) is 9.47. The summed E-state index contributed by atoms with van der Waals surface area (Å²) in [5.41, 5.74) is 3.06. The number of benzene rings is 2. The van der Waals surface area contributed by atoms with E-state index in [0.29, 0.717) is 0 Å². The van der Waals surface area contributed by atoms with Gasteiger partial charge in [0.2, 0.25) is 5.91 Å². The van der Waals surface area contributed by atoms with Gasteiger partial charge >= 0.3 is 0 Å². The summed E-state index contributed by atoms with van der Waals surface area (Å²) in [5.74, 6) is 0.221. The molecule has 126 valence electrons. The molecule has 1 fully saturated rings. The number of anilines is 1. The molecule has 1 heterocycles. The molecule has 0 aromatic heterocycles. The van der Waals surface area contributed by atoms with Crippen molar-refractivity contribution >= 4 is 11.6 Å². The first kappa shape index (κ1) is 16.6. The number of hydrogen-bond donors (Lipinski definition) is 0. The maximum Gasteiger partial charge on any atom is 0.232 e. The van der Waals surface area contributed by atoms with Gasteiger partial charge in [0.15, 0.2) is 0 Å². The first-order chi connectivity index (χ1) is 11.5. The lowest BCUT2D eigenvalue weighted by Crippen LogP contribution is -2.53. The quantitative estimate of drug-likeness (QED) is 0.861. The van der Waals surface area contributed by atoms with Gasteiger partial charge in [-0.1, -0.05) is 48.0 Å². The molecule has 0 saturated carbocycles. The average Bonchev–Trinajstić information content (AvgIpc) is 2.62. The van der Waals surface area contributed by atoms with Gasteiger partial charge in [-0.05, 0) is 38.5 Å². The van der Waals surface area contributed by atoms with Gasteiger partial charge in [0.05, 0.1) is 5.41 Å². The summed E-state index contributed by atoms with van der Waals surface area (Å²) in [6, 6.07) is 18.7. The zero-order chi connectivity index (χ0) is 17.2. The number of rotatable bonds is 3. The number of carbonyl (C=O) groups is 1. The van der Waals surface area contributed by atoms with Gasteiger partial charge in [-0.25, -0.2) is 0 Å². The molecule has 3 nitrogen and oxygen atoms in total. The van der Waals surface area contributed by atoms with Crippen LogP contribution in [0.4, 0.5) is 5.69 Å². The normalized spacial score (nSPS) is 15.5. The van der Waals surface area contributed by atoms with E-state index in [1.165, 1.54) is 11.3 Å². The van der Waals surface area contributed by atoms with Gasteiger partial charge < -0.3 is 9.80 Å². The molecular weight excluding hydrogens is 296 g/mol. The molecule has 0 radical (unpaired) electrons. The van der Waals surface area contributed by atoms with Crippen LogP contribution < -0.4 is 4.90 Å². The predicted octanol–water partition coefficient (Wildman–Crippen LogP) is 3.62. The molecule has 2 aromatic rings. The minimum Gasteiger partial charge on any atom is -0.368 e. The lowest BCUT2D eigenvalue weighted by Gasteiger charge is -2.39. The molecule has 2 aromatic carbocycles. The first-order valence-electron chi connectivity index (χ1n) is 8.65. The van der Waals surface area contributed by atoms with E-state index in [-0.39, 0.29) is 5.91 Å². The number of hydrogen-bond acceptors (Lipinski definition) is 2. The van der Waals surface area contributed by atoms with Crippen molar-refractivity contribution < 1.29 is 4.79 Å². The Morgan fingerprint density at radius 2 is 1.46 bits per heavy atom. The molecule has 0 N–H and O–H groups in total. The Hall–Kier alpha value is -2.29.